The number of aromatic nitrogens is 1. The summed E-state index contributed by atoms with van der Waals surface area (Å²) in [6, 6.07) is 7.24. The molecule has 2 bridgehead atoms. The third-order valence-corrected chi connectivity index (χ3v) is 9.47. The molecule has 1 heterocycles. The van der Waals surface area contributed by atoms with E-state index in [9.17, 15) is 20.1 Å². The third-order valence-electron chi connectivity index (χ3n) is 9.47. The van der Waals surface area contributed by atoms with Crippen molar-refractivity contribution in [2.75, 3.05) is 6.61 Å². The van der Waals surface area contributed by atoms with Crippen LogP contribution in [0.3, 0.4) is 0 Å². The lowest BCUT2D eigenvalue weighted by atomic mass is 9.59. The van der Waals surface area contributed by atoms with Gasteiger partial charge in [-0.25, -0.2) is 0 Å². The first kappa shape index (κ1) is 22.0. The molecule has 4 unspecified atom stereocenters. The number of ketones is 1. The Morgan fingerprint density at radius 2 is 2.00 bits per heavy atom. The van der Waals surface area contributed by atoms with E-state index in [1.165, 1.54) is 0 Å². The van der Waals surface area contributed by atoms with Gasteiger partial charge in [-0.15, -0.1) is 0 Å². The molecule has 2 saturated carbocycles. The lowest BCUT2D eigenvalue weighted by Gasteiger charge is -2.48. The van der Waals surface area contributed by atoms with Crippen LogP contribution in [0.4, 0.5) is 0 Å². The molecule has 4 aliphatic rings. The van der Waals surface area contributed by atoms with Gasteiger partial charge in [0.25, 0.3) is 5.88 Å². The number of nitrogens with zero attached hydrogens (tertiary/aromatic N) is 1. The number of rotatable bonds is 3. The maximum absolute atomic E-state index is 14.4. The molecule has 180 valence electrons. The van der Waals surface area contributed by atoms with E-state index in [0.29, 0.717) is 22.5 Å². The first-order valence-corrected chi connectivity index (χ1v) is 12.1. The Morgan fingerprint density at radius 1 is 1.26 bits per heavy atom. The first-order chi connectivity index (χ1) is 16.1. The van der Waals surface area contributed by atoms with Crippen LogP contribution in [0.1, 0.15) is 34.1 Å². The van der Waals surface area contributed by atoms with Crippen LogP contribution in [0.5, 0.6) is 5.88 Å². The van der Waals surface area contributed by atoms with Gasteiger partial charge >= 0.3 is 0 Å². The van der Waals surface area contributed by atoms with Crippen molar-refractivity contribution in [3.63, 3.8) is 0 Å². The molecule has 6 rings (SSSR count). The van der Waals surface area contributed by atoms with Crippen LogP contribution in [-0.4, -0.2) is 50.7 Å². The zero-order valence-corrected chi connectivity index (χ0v) is 19.9. The largest absolute Gasteiger partial charge is 0.464 e. The van der Waals surface area contributed by atoms with Gasteiger partial charge in [0.15, 0.2) is 23.1 Å². The van der Waals surface area contributed by atoms with Crippen LogP contribution in [0.15, 0.2) is 52.1 Å². The molecule has 1 spiro atoms. The quantitative estimate of drug-likeness (QED) is 0.597. The number of aliphatic hydroxyl groups is 3. The third kappa shape index (κ3) is 2.42. The molecule has 1 aromatic carbocycles. The molecule has 0 saturated heterocycles. The van der Waals surface area contributed by atoms with Crippen molar-refractivity contribution < 1.29 is 29.4 Å². The second-order valence-corrected chi connectivity index (χ2v) is 11.3. The van der Waals surface area contributed by atoms with Crippen molar-refractivity contribution in [1.82, 2.24) is 5.16 Å². The summed E-state index contributed by atoms with van der Waals surface area (Å²) < 4.78 is 11.7. The van der Waals surface area contributed by atoms with Gasteiger partial charge in [-0.3, -0.25) is 4.79 Å². The number of ether oxygens (including phenoxy) is 1. The fourth-order valence-corrected chi connectivity index (χ4v) is 7.65. The Balaban J connectivity index is 1.53. The first-order valence-electron chi connectivity index (χ1n) is 12.1. The van der Waals surface area contributed by atoms with Crippen LogP contribution >= 0.6 is 0 Å². The molecule has 7 heteroatoms. The maximum Gasteiger partial charge on any atom is 0.262 e. The molecular formula is C27H31NO6. The summed E-state index contributed by atoms with van der Waals surface area (Å²) >= 11 is 0. The van der Waals surface area contributed by atoms with E-state index >= 15 is 0 Å². The van der Waals surface area contributed by atoms with Gasteiger partial charge in [-0.2, -0.15) is 0 Å². The highest BCUT2D eigenvalue weighted by atomic mass is 16.6. The molecule has 34 heavy (non-hydrogen) atoms. The summed E-state index contributed by atoms with van der Waals surface area (Å²) in [6.07, 6.45) is 1.79. The topological polar surface area (TPSA) is 113 Å². The maximum atomic E-state index is 14.4. The van der Waals surface area contributed by atoms with E-state index in [2.05, 4.69) is 19.0 Å². The Labute approximate surface area is 198 Å². The summed E-state index contributed by atoms with van der Waals surface area (Å²) in [4.78, 5) is 14.4. The number of para-hydroxylation sites is 1. The standard InChI is InChI=1S/C27H31NO6/c1-13-11-26-14(2)9-18-20(25(18,3)4)17(22(26)31)10-15(12-29)21(30)27(26,32)23(13)33-24-16-7-5-6-8-19(16)34-28-24/h5-8,10-11,14,17-18,20-21,23,29-30,32H,9,12H2,1-4H3/t14?,17-,18?,20?,21+,23-,26?,27-/m0/s1. The van der Waals surface area contributed by atoms with Crippen LogP contribution in [0, 0.1) is 34.5 Å². The number of carbonyl (C=O) groups excluding carboxylic acids is 1. The summed E-state index contributed by atoms with van der Waals surface area (Å²) in [5, 5.41) is 39.0. The number of benzene rings is 1. The minimum atomic E-state index is -2.00. The predicted molar refractivity (Wildman–Crippen MR) is 124 cm³/mol. The molecule has 2 fully saturated rings. The predicted octanol–water partition coefficient (Wildman–Crippen LogP) is 3.04. The van der Waals surface area contributed by atoms with Gasteiger partial charge in [0.1, 0.15) is 6.10 Å². The zero-order chi connectivity index (χ0) is 24.2. The smallest absolute Gasteiger partial charge is 0.262 e. The Bertz CT molecular complexity index is 1260. The molecule has 1 aromatic heterocycles. The van der Waals surface area contributed by atoms with E-state index in [1.807, 2.05) is 38.1 Å². The van der Waals surface area contributed by atoms with Crippen molar-refractivity contribution in [1.29, 1.82) is 0 Å². The van der Waals surface area contributed by atoms with Crippen molar-refractivity contribution in [2.24, 2.45) is 34.5 Å². The summed E-state index contributed by atoms with van der Waals surface area (Å²) in [5.41, 5.74) is -1.90. The van der Waals surface area contributed by atoms with Crippen molar-refractivity contribution in [3.05, 3.63) is 47.6 Å². The van der Waals surface area contributed by atoms with Gasteiger partial charge < -0.3 is 24.6 Å². The highest BCUT2D eigenvalue weighted by Crippen LogP contribution is 2.71. The minimum Gasteiger partial charge on any atom is -0.464 e. The number of carbonyl (C=O) groups is 1. The molecule has 0 radical (unpaired) electrons. The van der Waals surface area contributed by atoms with E-state index < -0.39 is 35.7 Å². The number of allylic oxidation sites excluding steroid dienone is 1. The number of Topliss-reactive ketones (excluding diaryl/α,β-unsaturated/α-hetero) is 1. The average molecular weight is 466 g/mol. The highest BCUT2D eigenvalue weighted by molar-refractivity contribution is 5.95. The van der Waals surface area contributed by atoms with E-state index in [1.54, 1.807) is 12.1 Å². The van der Waals surface area contributed by atoms with E-state index in [4.69, 9.17) is 9.26 Å². The molecule has 7 nitrogen and oxygen atoms in total. The summed E-state index contributed by atoms with van der Waals surface area (Å²) in [5.74, 6) is -0.169. The van der Waals surface area contributed by atoms with Gasteiger partial charge in [0.05, 0.1) is 17.4 Å². The van der Waals surface area contributed by atoms with Crippen molar-refractivity contribution >= 4 is 16.8 Å². The monoisotopic (exact) mass is 465 g/mol. The zero-order valence-electron chi connectivity index (χ0n) is 19.9. The number of fused-ring (bicyclic) bond motifs is 4. The molecule has 4 aliphatic carbocycles. The Hall–Kier alpha value is -2.48. The lowest BCUT2D eigenvalue weighted by Crippen LogP contribution is -2.66. The van der Waals surface area contributed by atoms with E-state index in [-0.39, 0.29) is 34.5 Å². The number of aliphatic hydroxyl groups excluding tert-OH is 2. The second kappa shape index (κ2) is 6.80. The van der Waals surface area contributed by atoms with Crippen LogP contribution in [0.25, 0.3) is 11.0 Å². The van der Waals surface area contributed by atoms with Crippen LogP contribution in [-0.2, 0) is 4.79 Å². The molecule has 0 amide bonds. The van der Waals surface area contributed by atoms with Crippen molar-refractivity contribution in [2.45, 2.75) is 51.9 Å². The highest BCUT2D eigenvalue weighted by Gasteiger charge is 2.76. The normalized spacial score (nSPS) is 42.3. The van der Waals surface area contributed by atoms with Crippen LogP contribution in [0.2, 0.25) is 0 Å². The molecule has 3 N–H and O–H groups in total. The van der Waals surface area contributed by atoms with Crippen molar-refractivity contribution in [3.8, 4) is 5.88 Å². The summed E-state index contributed by atoms with van der Waals surface area (Å²) in [7, 11) is 0. The molecular weight excluding hydrogens is 434 g/mol. The Morgan fingerprint density at radius 3 is 2.74 bits per heavy atom. The molecule has 2 aromatic rings. The SMILES string of the molecule is CC1=CC23C(=O)[C@@H](C=C(CO)[C@@H](O)[C@]2(O)[C@H]1Oc1noc2ccccc12)C1C(CC3C)C1(C)C. The molecule has 0 aliphatic heterocycles. The fraction of sp³-hybridized carbons (Fsp3) is 0.556. The molecule has 8 atom stereocenters. The second-order valence-electron chi connectivity index (χ2n) is 11.3. The van der Waals surface area contributed by atoms with Gasteiger partial charge in [-0.05, 0) is 64.9 Å². The average Bonchev–Trinajstić information content (AvgIpc) is 3.09. The van der Waals surface area contributed by atoms with Gasteiger partial charge in [0, 0.05) is 5.92 Å². The van der Waals surface area contributed by atoms with Crippen LogP contribution < -0.4 is 4.74 Å². The lowest BCUT2D eigenvalue weighted by molar-refractivity contribution is -0.186. The summed E-state index contributed by atoms with van der Waals surface area (Å²) in [6.45, 7) is 7.71. The van der Waals surface area contributed by atoms with Gasteiger partial charge in [0.2, 0.25) is 0 Å². The van der Waals surface area contributed by atoms with Gasteiger partial charge in [-0.1, -0.05) is 45.1 Å². The Kier molecular flexibility index (Phi) is 4.41. The number of hydrogen-bond donors (Lipinski definition) is 3. The number of hydrogen-bond acceptors (Lipinski definition) is 7. The fourth-order valence-electron chi connectivity index (χ4n) is 7.65. The minimum absolute atomic E-state index is 0.00639. The van der Waals surface area contributed by atoms with E-state index in [0.717, 1.165) is 6.42 Å².